The quantitative estimate of drug-likeness (QED) is 0.795. The van der Waals surface area contributed by atoms with Gasteiger partial charge in [0.2, 0.25) is 0 Å². The Kier molecular flexibility index (Phi) is 5.59. The first-order valence-electron chi connectivity index (χ1n) is 7.07. The molecule has 0 fully saturated rings. The molecule has 0 saturated heterocycles. The van der Waals surface area contributed by atoms with E-state index >= 15 is 0 Å². The van der Waals surface area contributed by atoms with Crippen molar-refractivity contribution in [1.82, 2.24) is 0 Å². The van der Waals surface area contributed by atoms with Gasteiger partial charge in [0, 0.05) is 5.56 Å². The zero-order valence-electron chi connectivity index (χ0n) is 12.3. The van der Waals surface area contributed by atoms with E-state index < -0.39 is 5.54 Å². The average Bonchev–Trinajstić information content (AvgIpc) is 2.54. The van der Waals surface area contributed by atoms with Crippen molar-refractivity contribution in [1.29, 1.82) is 0 Å². The number of hydrogen-bond acceptors (Lipinski definition) is 3. The monoisotopic (exact) mass is 299 g/mol. The maximum absolute atomic E-state index is 12.8. The smallest absolute Gasteiger partial charge is 0.182 e. The molecule has 1 atom stereocenters. The fourth-order valence-electron chi connectivity index (χ4n) is 2.40. The Morgan fingerprint density at radius 3 is 2.19 bits per heavy atom. The van der Waals surface area contributed by atoms with Crippen LogP contribution in [0.25, 0.3) is 0 Å². The minimum absolute atomic E-state index is 0.0287. The summed E-state index contributed by atoms with van der Waals surface area (Å²) in [5.74, 6) is 0.906. The van der Waals surface area contributed by atoms with E-state index in [0.717, 1.165) is 11.3 Å². The summed E-state index contributed by atoms with van der Waals surface area (Å²) in [6, 6.07) is 19.3. The highest BCUT2D eigenvalue weighted by molar-refractivity contribution is 7.98. The zero-order chi connectivity index (χ0) is 15.1. The number of hydrogen-bond donors (Lipinski definition) is 1. The van der Waals surface area contributed by atoms with Gasteiger partial charge in [0.05, 0.1) is 5.54 Å². The van der Waals surface area contributed by atoms with Gasteiger partial charge in [0.15, 0.2) is 5.78 Å². The largest absolute Gasteiger partial charge is 0.318 e. The number of Topliss-reactive ketones (excluding diaryl/α,β-unsaturated/α-hetero) is 1. The maximum Gasteiger partial charge on any atom is 0.182 e. The van der Waals surface area contributed by atoms with Gasteiger partial charge in [-0.2, -0.15) is 11.8 Å². The molecular formula is C18H21NOS. The molecule has 0 aliphatic carbocycles. The summed E-state index contributed by atoms with van der Waals surface area (Å²) in [4.78, 5) is 12.8. The van der Waals surface area contributed by atoms with Crippen LogP contribution < -0.4 is 5.73 Å². The van der Waals surface area contributed by atoms with Gasteiger partial charge in [-0.1, -0.05) is 60.7 Å². The Hall–Kier alpha value is -1.58. The predicted molar refractivity (Wildman–Crippen MR) is 90.8 cm³/mol. The van der Waals surface area contributed by atoms with E-state index in [4.69, 9.17) is 5.73 Å². The van der Waals surface area contributed by atoms with Gasteiger partial charge in [-0.15, -0.1) is 0 Å². The van der Waals surface area contributed by atoms with E-state index in [9.17, 15) is 4.79 Å². The first-order chi connectivity index (χ1) is 10.2. The van der Waals surface area contributed by atoms with Crippen LogP contribution in [0.4, 0.5) is 0 Å². The van der Waals surface area contributed by atoms with Crippen molar-refractivity contribution in [3.05, 3.63) is 71.8 Å². The van der Waals surface area contributed by atoms with E-state index in [-0.39, 0.29) is 5.78 Å². The molecule has 0 saturated carbocycles. The lowest BCUT2D eigenvalue weighted by Gasteiger charge is -2.28. The third-order valence-corrected chi connectivity index (χ3v) is 4.22. The number of ketones is 1. The lowest BCUT2D eigenvalue weighted by molar-refractivity contribution is 0.0884. The molecule has 0 amide bonds. The van der Waals surface area contributed by atoms with E-state index in [1.54, 1.807) is 11.8 Å². The van der Waals surface area contributed by atoms with Crippen molar-refractivity contribution < 1.29 is 4.79 Å². The molecule has 0 heterocycles. The lowest BCUT2D eigenvalue weighted by Crippen LogP contribution is -2.50. The third kappa shape index (κ3) is 4.19. The molecule has 2 nitrogen and oxygen atoms in total. The molecule has 0 aromatic heterocycles. The second kappa shape index (κ2) is 7.43. The molecule has 0 bridgehead atoms. The molecule has 110 valence electrons. The minimum atomic E-state index is -0.842. The Morgan fingerprint density at radius 2 is 1.62 bits per heavy atom. The first-order valence-corrected chi connectivity index (χ1v) is 8.47. The van der Waals surface area contributed by atoms with E-state index in [1.165, 1.54) is 0 Å². The molecule has 3 heteroatoms. The molecule has 0 radical (unpaired) electrons. The minimum Gasteiger partial charge on any atom is -0.318 e. The summed E-state index contributed by atoms with van der Waals surface area (Å²) in [7, 11) is 0. The van der Waals surface area contributed by atoms with Crippen molar-refractivity contribution in [2.45, 2.75) is 18.4 Å². The fourth-order valence-corrected chi connectivity index (χ4v) is 2.97. The van der Waals surface area contributed by atoms with Crippen LogP contribution in [-0.2, 0) is 6.42 Å². The first kappa shape index (κ1) is 15.8. The van der Waals surface area contributed by atoms with Crippen LogP contribution in [0.1, 0.15) is 22.3 Å². The van der Waals surface area contributed by atoms with E-state index in [0.29, 0.717) is 18.4 Å². The zero-order valence-corrected chi connectivity index (χ0v) is 13.1. The van der Waals surface area contributed by atoms with Crippen LogP contribution in [-0.4, -0.2) is 23.3 Å². The van der Waals surface area contributed by atoms with Crippen LogP contribution in [0, 0.1) is 0 Å². The predicted octanol–water partition coefficient (Wildman–Crippen LogP) is 3.56. The highest BCUT2D eigenvalue weighted by Crippen LogP contribution is 2.22. The summed E-state index contributed by atoms with van der Waals surface area (Å²) >= 11 is 1.72. The normalized spacial score (nSPS) is 13.6. The van der Waals surface area contributed by atoms with E-state index in [2.05, 4.69) is 0 Å². The van der Waals surface area contributed by atoms with Crippen LogP contribution in [0.2, 0.25) is 0 Å². The number of rotatable bonds is 7. The Balaban J connectivity index is 2.26. The van der Waals surface area contributed by atoms with Crippen LogP contribution >= 0.6 is 11.8 Å². The Morgan fingerprint density at radius 1 is 1.05 bits per heavy atom. The van der Waals surface area contributed by atoms with Crippen molar-refractivity contribution in [2.24, 2.45) is 5.73 Å². The Bertz CT molecular complexity index is 570. The van der Waals surface area contributed by atoms with Crippen molar-refractivity contribution in [3.8, 4) is 0 Å². The van der Waals surface area contributed by atoms with E-state index in [1.807, 2.05) is 66.9 Å². The molecule has 1 unspecified atom stereocenters. The summed E-state index contributed by atoms with van der Waals surface area (Å²) in [6.07, 6.45) is 3.29. The van der Waals surface area contributed by atoms with Gasteiger partial charge in [-0.25, -0.2) is 0 Å². The van der Waals surface area contributed by atoms with Gasteiger partial charge >= 0.3 is 0 Å². The summed E-state index contributed by atoms with van der Waals surface area (Å²) in [5, 5.41) is 0. The molecule has 0 aliphatic rings. The number of carbonyl (C=O) groups is 1. The number of nitrogens with two attached hydrogens (primary N) is 1. The molecule has 21 heavy (non-hydrogen) atoms. The van der Waals surface area contributed by atoms with Crippen molar-refractivity contribution in [3.63, 3.8) is 0 Å². The average molecular weight is 299 g/mol. The molecule has 2 aromatic carbocycles. The van der Waals surface area contributed by atoms with Gasteiger partial charge in [0.25, 0.3) is 0 Å². The topological polar surface area (TPSA) is 43.1 Å². The summed E-state index contributed by atoms with van der Waals surface area (Å²) in [5.41, 5.74) is 7.48. The molecular weight excluding hydrogens is 278 g/mol. The molecule has 0 spiro atoms. The van der Waals surface area contributed by atoms with Crippen molar-refractivity contribution in [2.75, 3.05) is 12.0 Å². The highest BCUT2D eigenvalue weighted by atomic mass is 32.2. The van der Waals surface area contributed by atoms with Gasteiger partial charge in [-0.05, 0) is 30.4 Å². The van der Waals surface area contributed by atoms with Gasteiger partial charge in [-0.3, -0.25) is 4.79 Å². The van der Waals surface area contributed by atoms with Gasteiger partial charge < -0.3 is 5.73 Å². The summed E-state index contributed by atoms with van der Waals surface area (Å²) in [6.45, 7) is 0. The van der Waals surface area contributed by atoms with Crippen LogP contribution in [0.15, 0.2) is 60.7 Å². The molecule has 2 aromatic rings. The van der Waals surface area contributed by atoms with Crippen LogP contribution in [0.5, 0.6) is 0 Å². The standard InChI is InChI=1S/C18H21NOS/c1-21-13-12-18(19,14-15-8-4-2-5-9-15)17(20)16-10-6-3-7-11-16/h2-11H,12-14,19H2,1H3. The molecule has 0 aliphatic heterocycles. The van der Waals surface area contributed by atoms with Gasteiger partial charge in [0.1, 0.15) is 0 Å². The molecule has 2 N–H and O–H groups in total. The lowest BCUT2D eigenvalue weighted by atomic mass is 9.82. The maximum atomic E-state index is 12.8. The fraction of sp³-hybridized carbons (Fsp3) is 0.278. The van der Waals surface area contributed by atoms with Crippen molar-refractivity contribution >= 4 is 17.5 Å². The SMILES string of the molecule is CSCCC(N)(Cc1ccccc1)C(=O)c1ccccc1. The molecule has 2 rings (SSSR count). The number of benzene rings is 2. The Labute approximate surface area is 130 Å². The highest BCUT2D eigenvalue weighted by Gasteiger charge is 2.34. The second-order valence-electron chi connectivity index (χ2n) is 5.26. The third-order valence-electron chi connectivity index (χ3n) is 3.60. The van der Waals surface area contributed by atoms with Crippen LogP contribution in [0.3, 0.4) is 0 Å². The number of carbonyl (C=O) groups excluding carboxylic acids is 1. The summed E-state index contributed by atoms with van der Waals surface area (Å²) < 4.78 is 0. The second-order valence-corrected chi connectivity index (χ2v) is 6.24. The number of thioether (sulfide) groups is 1.